The molecule has 2 N–H and O–H groups in total. The van der Waals surface area contributed by atoms with Gasteiger partial charge >= 0.3 is 0 Å². The fourth-order valence-corrected chi connectivity index (χ4v) is 2.41. The molecule has 1 aromatic heterocycles. The number of benzene rings is 1. The van der Waals surface area contributed by atoms with Gasteiger partial charge in [-0.2, -0.15) is 0 Å². The van der Waals surface area contributed by atoms with Gasteiger partial charge in [0.05, 0.1) is 17.8 Å². The number of hydrogen-bond acceptors (Lipinski definition) is 5. The van der Waals surface area contributed by atoms with E-state index in [1.807, 2.05) is 7.05 Å². The maximum Gasteiger partial charge on any atom is 0.254 e. The van der Waals surface area contributed by atoms with E-state index in [-0.39, 0.29) is 11.7 Å². The van der Waals surface area contributed by atoms with E-state index in [1.54, 1.807) is 30.5 Å². The van der Waals surface area contributed by atoms with Crippen LogP contribution in [0, 0.1) is 0 Å². The molecule has 2 aromatic rings. The van der Waals surface area contributed by atoms with Crippen molar-refractivity contribution in [2.24, 2.45) is 0 Å². The van der Waals surface area contributed by atoms with Crippen LogP contribution in [0.3, 0.4) is 0 Å². The SMILES string of the molecule is CN1CCOC(C(=O)Nc2ccc(O)c3cccnc23)C1. The van der Waals surface area contributed by atoms with Crippen LogP contribution in [0.2, 0.25) is 0 Å². The zero-order chi connectivity index (χ0) is 14.8. The average Bonchev–Trinajstić information content (AvgIpc) is 2.50. The number of likely N-dealkylation sites (N-methyl/N-ethyl adjacent to an activating group) is 1. The van der Waals surface area contributed by atoms with Gasteiger partial charge in [-0.1, -0.05) is 0 Å². The van der Waals surface area contributed by atoms with Gasteiger partial charge in [0, 0.05) is 24.7 Å². The van der Waals surface area contributed by atoms with Crippen molar-refractivity contribution in [3.05, 3.63) is 30.5 Å². The first-order chi connectivity index (χ1) is 10.1. The summed E-state index contributed by atoms with van der Waals surface area (Å²) >= 11 is 0. The predicted octanol–water partition coefficient (Wildman–Crippen LogP) is 1.21. The van der Waals surface area contributed by atoms with Crippen molar-refractivity contribution in [3.63, 3.8) is 0 Å². The number of anilines is 1. The number of fused-ring (bicyclic) bond motifs is 1. The zero-order valence-electron chi connectivity index (χ0n) is 11.7. The fourth-order valence-electron chi connectivity index (χ4n) is 2.41. The minimum atomic E-state index is -0.490. The molecule has 110 valence electrons. The predicted molar refractivity (Wildman–Crippen MR) is 79.3 cm³/mol. The highest BCUT2D eigenvalue weighted by molar-refractivity contribution is 6.03. The highest BCUT2D eigenvalue weighted by Gasteiger charge is 2.25. The molecule has 1 aliphatic rings. The molecule has 1 saturated heterocycles. The van der Waals surface area contributed by atoms with E-state index in [0.717, 1.165) is 6.54 Å². The Balaban J connectivity index is 1.85. The fraction of sp³-hybridized carbons (Fsp3) is 0.333. The Morgan fingerprint density at radius 1 is 1.48 bits per heavy atom. The Morgan fingerprint density at radius 3 is 3.14 bits per heavy atom. The third-order valence-corrected chi connectivity index (χ3v) is 3.57. The highest BCUT2D eigenvalue weighted by atomic mass is 16.5. The maximum absolute atomic E-state index is 12.3. The molecule has 1 fully saturated rings. The molecule has 0 aliphatic carbocycles. The number of aromatic hydroxyl groups is 1. The number of carbonyl (C=O) groups excluding carboxylic acids is 1. The topological polar surface area (TPSA) is 74.7 Å². The van der Waals surface area contributed by atoms with Crippen molar-refractivity contribution in [1.29, 1.82) is 0 Å². The van der Waals surface area contributed by atoms with E-state index in [0.29, 0.717) is 29.7 Å². The third-order valence-electron chi connectivity index (χ3n) is 3.57. The average molecular weight is 287 g/mol. The number of aromatic nitrogens is 1. The summed E-state index contributed by atoms with van der Waals surface area (Å²) in [5.74, 6) is -0.0519. The van der Waals surface area contributed by atoms with Gasteiger partial charge in [0.1, 0.15) is 11.9 Å². The van der Waals surface area contributed by atoms with Crippen molar-refractivity contribution in [3.8, 4) is 5.75 Å². The maximum atomic E-state index is 12.3. The van der Waals surface area contributed by atoms with Gasteiger partial charge in [-0.3, -0.25) is 9.78 Å². The molecule has 6 heteroatoms. The van der Waals surface area contributed by atoms with Crippen molar-refractivity contribution >= 4 is 22.5 Å². The molecule has 1 atom stereocenters. The molecular weight excluding hydrogens is 270 g/mol. The summed E-state index contributed by atoms with van der Waals surface area (Å²) in [4.78, 5) is 18.6. The Bertz CT molecular complexity index is 674. The number of amides is 1. The Morgan fingerprint density at radius 2 is 2.33 bits per heavy atom. The van der Waals surface area contributed by atoms with Gasteiger partial charge < -0.3 is 20.1 Å². The Hall–Kier alpha value is -2.18. The number of hydrogen-bond donors (Lipinski definition) is 2. The molecule has 0 saturated carbocycles. The standard InChI is InChI=1S/C15H17N3O3/c1-18-7-8-21-13(9-18)15(20)17-11-4-5-12(19)10-3-2-6-16-14(10)11/h2-6,13,19H,7-9H2,1H3,(H,17,20). The highest BCUT2D eigenvalue weighted by Crippen LogP contribution is 2.29. The smallest absolute Gasteiger partial charge is 0.254 e. The number of ether oxygens (including phenoxy) is 1. The number of phenolic OH excluding ortho intramolecular Hbond substituents is 1. The molecule has 6 nitrogen and oxygen atoms in total. The quantitative estimate of drug-likeness (QED) is 0.812. The van der Waals surface area contributed by atoms with Crippen LogP contribution in [0.1, 0.15) is 0 Å². The summed E-state index contributed by atoms with van der Waals surface area (Å²) in [5.41, 5.74) is 1.14. The second-order valence-electron chi connectivity index (χ2n) is 5.14. The van der Waals surface area contributed by atoms with Crippen molar-refractivity contribution in [1.82, 2.24) is 9.88 Å². The number of nitrogens with one attached hydrogen (secondary N) is 1. The third kappa shape index (κ3) is 2.81. The summed E-state index contributed by atoms with van der Waals surface area (Å²) in [6, 6.07) is 6.70. The molecule has 1 unspecified atom stereocenters. The molecule has 0 bridgehead atoms. The van der Waals surface area contributed by atoms with Crippen LogP contribution in [0.15, 0.2) is 30.5 Å². The number of carbonyl (C=O) groups is 1. The van der Waals surface area contributed by atoms with Crippen LogP contribution in [-0.4, -0.2) is 53.7 Å². The first-order valence-corrected chi connectivity index (χ1v) is 6.83. The van der Waals surface area contributed by atoms with Crippen LogP contribution in [0.25, 0.3) is 10.9 Å². The largest absolute Gasteiger partial charge is 0.507 e. The molecule has 1 aliphatic heterocycles. The second kappa shape index (κ2) is 5.67. The normalized spacial score (nSPS) is 19.6. The van der Waals surface area contributed by atoms with Gasteiger partial charge in [-0.25, -0.2) is 0 Å². The monoisotopic (exact) mass is 287 g/mol. The van der Waals surface area contributed by atoms with Gasteiger partial charge in [0.15, 0.2) is 0 Å². The summed E-state index contributed by atoms with van der Waals surface area (Å²) in [6.45, 7) is 1.94. The lowest BCUT2D eigenvalue weighted by Gasteiger charge is -2.29. The molecule has 0 radical (unpaired) electrons. The Kier molecular flexibility index (Phi) is 3.72. The molecule has 1 aromatic carbocycles. The number of pyridine rings is 1. The lowest BCUT2D eigenvalue weighted by molar-refractivity contribution is -0.132. The molecule has 3 rings (SSSR count). The van der Waals surface area contributed by atoms with Crippen LogP contribution >= 0.6 is 0 Å². The minimum absolute atomic E-state index is 0.143. The van der Waals surface area contributed by atoms with E-state index in [4.69, 9.17) is 4.74 Å². The molecule has 1 amide bonds. The van der Waals surface area contributed by atoms with Crippen LogP contribution < -0.4 is 5.32 Å². The van der Waals surface area contributed by atoms with E-state index in [2.05, 4.69) is 15.2 Å². The van der Waals surface area contributed by atoms with Gasteiger partial charge in [0.2, 0.25) is 0 Å². The first-order valence-electron chi connectivity index (χ1n) is 6.83. The first kappa shape index (κ1) is 13.8. The van der Waals surface area contributed by atoms with Crippen molar-refractivity contribution in [2.75, 3.05) is 32.1 Å². The lowest BCUT2D eigenvalue weighted by atomic mass is 10.1. The summed E-state index contributed by atoms with van der Waals surface area (Å²) < 4.78 is 5.49. The van der Waals surface area contributed by atoms with E-state index >= 15 is 0 Å². The van der Waals surface area contributed by atoms with Gasteiger partial charge in [0.25, 0.3) is 5.91 Å². The molecule has 2 heterocycles. The number of phenols is 1. The number of rotatable bonds is 2. The molecular formula is C15H17N3O3. The number of nitrogens with zero attached hydrogens (tertiary/aromatic N) is 2. The summed E-state index contributed by atoms with van der Waals surface area (Å²) in [5, 5.41) is 13.3. The van der Waals surface area contributed by atoms with Gasteiger partial charge in [-0.15, -0.1) is 0 Å². The molecule has 21 heavy (non-hydrogen) atoms. The molecule has 0 spiro atoms. The Labute approximate surface area is 122 Å². The lowest BCUT2D eigenvalue weighted by Crippen LogP contribution is -2.46. The minimum Gasteiger partial charge on any atom is -0.507 e. The zero-order valence-corrected chi connectivity index (χ0v) is 11.7. The number of morpholine rings is 1. The van der Waals surface area contributed by atoms with E-state index < -0.39 is 6.10 Å². The summed E-state index contributed by atoms with van der Waals surface area (Å²) in [7, 11) is 1.96. The van der Waals surface area contributed by atoms with Gasteiger partial charge in [-0.05, 0) is 31.3 Å². The van der Waals surface area contributed by atoms with Crippen LogP contribution in [0.4, 0.5) is 5.69 Å². The van der Waals surface area contributed by atoms with Crippen molar-refractivity contribution < 1.29 is 14.6 Å². The second-order valence-corrected chi connectivity index (χ2v) is 5.14. The summed E-state index contributed by atoms with van der Waals surface area (Å²) in [6.07, 6.45) is 1.14. The van der Waals surface area contributed by atoms with Crippen LogP contribution in [0.5, 0.6) is 5.75 Å². The van der Waals surface area contributed by atoms with Crippen LogP contribution in [-0.2, 0) is 9.53 Å². The van der Waals surface area contributed by atoms with E-state index in [9.17, 15) is 9.90 Å². The van der Waals surface area contributed by atoms with E-state index in [1.165, 1.54) is 0 Å². The van der Waals surface area contributed by atoms with Crippen molar-refractivity contribution in [2.45, 2.75) is 6.10 Å².